The molecule has 0 bridgehead atoms. The van der Waals surface area contributed by atoms with Crippen molar-refractivity contribution >= 4 is 11.0 Å². The van der Waals surface area contributed by atoms with Crippen LogP contribution in [0.5, 0.6) is 17.4 Å². The van der Waals surface area contributed by atoms with Crippen molar-refractivity contribution in [3.05, 3.63) is 47.7 Å². The molecule has 0 amide bonds. The molecule has 0 N–H and O–H groups in total. The zero-order valence-corrected chi connectivity index (χ0v) is 17.0. The van der Waals surface area contributed by atoms with Crippen molar-refractivity contribution in [3.63, 3.8) is 0 Å². The van der Waals surface area contributed by atoms with Crippen LogP contribution in [0.1, 0.15) is 24.7 Å². The lowest BCUT2D eigenvalue weighted by molar-refractivity contribution is 0.160. The molecule has 0 aliphatic carbocycles. The van der Waals surface area contributed by atoms with E-state index in [4.69, 9.17) is 14.2 Å². The highest BCUT2D eigenvalue weighted by molar-refractivity contribution is 5.81. The zero-order valence-electron chi connectivity index (χ0n) is 17.0. The van der Waals surface area contributed by atoms with Gasteiger partial charge in [-0.25, -0.2) is 19.3 Å². The number of hydrogen-bond acceptors (Lipinski definition) is 7. The molecule has 5 rings (SSSR count). The van der Waals surface area contributed by atoms with Crippen LogP contribution in [0.4, 0.5) is 4.39 Å². The molecule has 0 radical (unpaired) electrons. The molecule has 0 unspecified atom stereocenters. The summed E-state index contributed by atoms with van der Waals surface area (Å²) in [4.78, 5) is 15.3. The number of fused-ring (bicyclic) bond motifs is 2. The molecule has 5 heterocycles. The second-order valence-electron chi connectivity index (χ2n) is 7.81. The normalized spacial score (nSPS) is 21.2. The Bertz CT molecular complexity index is 1090. The molecule has 0 aromatic carbocycles. The van der Waals surface area contributed by atoms with E-state index in [-0.39, 0.29) is 18.0 Å². The summed E-state index contributed by atoms with van der Waals surface area (Å²) in [6, 6.07) is 7.39. The molecule has 1 fully saturated rings. The zero-order chi connectivity index (χ0) is 20.7. The number of halogens is 1. The van der Waals surface area contributed by atoms with Crippen LogP contribution >= 0.6 is 0 Å². The van der Waals surface area contributed by atoms with E-state index in [1.54, 1.807) is 6.20 Å². The molecule has 7 nitrogen and oxygen atoms in total. The summed E-state index contributed by atoms with van der Waals surface area (Å²) in [5.41, 5.74) is 1.90. The molecule has 2 atom stereocenters. The second-order valence-corrected chi connectivity index (χ2v) is 7.81. The highest BCUT2D eigenvalue weighted by atomic mass is 19.1. The maximum Gasteiger partial charge on any atom is 0.257 e. The topological polar surface area (TPSA) is 69.6 Å². The molecule has 8 heteroatoms. The van der Waals surface area contributed by atoms with E-state index < -0.39 is 0 Å². The van der Waals surface area contributed by atoms with Crippen molar-refractivity contribution in [2.45, 2.75) is 39.0 Å². The van der Waals surface area contributed by atoms with Crippen LogP contribution in [-0.2, 0) is 6.54 Å². The monoisotopic (exact) mass is 410 g/mol. The molecule has 0 saturated carbocycles. The maximum atomic E-state index is 14.6. The van der Waals surface area contributed by atoms with Gasteiger partial charge >= 0.3 is 0 Å². The van der Waals surface area contributed by atoms with Gasteiger partial charge < -0.3 is 14.2 Å². The Morgan fingerprint density at radius 3 is 3.00 bits per heavy atom. The van der Waals surface area contributed by atoms with Crippen molar-refractivity contribution in [1.29, 1.82) is 0 Å². The van der Waals surface area contributed by atoms with Gasteiger partial charge in [0.25, 0.3) is 5.88 Å². The fourth-order valence-corrected chi connectivity index (χ4v) is 4.06. The third-order valence-electron chi connectivity index (χ3n) is 5.55. The van der Waals surface area contributed by atoms with Gasteiger partial charge in [-0.2, -0.15) is 0 Å². The molecule has 0 spiro atoms. The van der Waals surface area contributed by atoms with Crippen molar-refractivity contribution in [1.82, 2.24) is 19.9 Å². The lowest BCUT2D eigenvalue weighted by atomic mass is 10.2. The summed E-state index contributed by atoms with van der Waals surface area (Å²) in [5, 5.41) is 0.897. The first kappa shape index (κ1) is 19.0. The molecule has 3 aromatic heterocycles. The van der Waals surface area contributed by atoms with E-state index in [2.05, 4.69) is 26.8 Å². The summed E-state index contributed by atoms with van der Waals surface area (Å²) in [7, 11) is 0. The van der Waals surface area contributed by atoms with Crippen molar-refractivity contribution in [3.8, 4) is 17.4 Å². The first-order chi connectivity index (χ1) is 14.6. The van der Waals surface area contributed by atoms with Gasteiger partial charge in [0.1, 0.15) is 30.9 Å². The summed E-state index contributed by atoms with van der Waals surface area (Å²) in [6.45, 7) is 5.96. The fourth-order valence-electron chi connectivity index (χ4n) is 4.06. The maximum absolute atomic E-state index is 14.6. The number of hydrogen-bond donors (Lipinski definition) is 0. The van der Waals surface area contributed by atoms with Crippen LogP contribution in [0.15, 0.2) is 30.5 Å². The smallest absolute Gasteiger partial charge is 0.257 e. The number of aromatic nitrogens is 3. The van der Waals surface area contributed by atoms with Crippen LogP contribution in [-0.4, -0.2) is 51.8 Å². The van der Waals surface area contributed by atoms with Crippen LogP contribution in [0.25, 0.3) is 11.0 Å². The van der Waals surface area contributed by atoms with Crippen molar-refractivity contribution < 1.29 is 18.6 Å². The average molecular weight is 410 g/mol. The van der Waals surface area contributed by atoms with Gasteiger partial charge in [0.15, 0.2) is 11.4 Å². The van der Waals surface area contributed by atoms with E-state index in [1.165, 1.54) is 6.07 Å². The number of aryl methyl sites for hydroxylation is 1. The van der Waals surface area contributed by atoms with Crippen LogP contribution in [0, 0.1) is 12.7 Å². The molecular formula is C22H23FN4O3. The number of pyridine rings is 3. The standard InChI is InChI=1S/C22H23FN4O3/c1-13-8-19(16-4-3-5-24-21(16)25-13)30-15-9-14(2)27(11-15)12-18-17(23)10-20-22(26-18)29-7-6-28-20/h3-5,8,10,14-15H,6-7,9,11-12H2,1-2H3/t14-,15+/m0/s1. The summed E-state index contributed by atoms with van der Waals surface area (Å²) >= 11 is 0. The SMILES string of the molecule is Cc1cc(O[C@@H]2C[C@H](C)N(Cc3nc4c(cc3F)OCCO4)C2)c2cccnc2n1. The van der Waals surface area contributed by atoms with E-state index in [0.717, 1.165) is 23.3 Å². The van der Waals surface area contributed by atoms with Gasteiger partial charge in [0, 0.05) is 49.6 Å². The third-order valence-corrected chi connectivity index (χ3v) is 5.55. The number of nitrogens with zero attached hydrogens (tertiary/aromatic N) is 4. The van der Waals surface area contributed by atoms with Crippen LogP contribution in [0.3, 0.4) is 0 Å². The van der Waals surface area contributed by atoms with E-state index >= 15 is 0 Å². The lowest BCUT2D eigenvalue weighted by Crippen LogP contribution is -2.29. The minimum absolute atomic E-state index is 0.00882. The summed E-state index contributed by atoms with van der Waals surface area (Å²) < 4.78 is 31.8. The predicted octanol–water partition coefficient (Wildman–Crippen LogP) is 3.29. The Hall–Kier alpha value is -3.00. The number of likely N-dealkylation sites (tertiary alicyclic amines) is 1. The Morgan fingerprint density at radius 2 is 2.10 bits per heavy atom. The van der Waals surface area contributed by atoms with Crippen LogP contribution < -0.4 is 14.2 Å². The molecule has 1 saturated heterocycles. The molecule has 2 aliphatic heterocycles. The molecule has 2 aliphatic rings. The average Bonchev–Trinajstić information content (AvgIpc) is 3.07. The first-order valence-electron chi connectivity index (χ1n) is 10.1. The van der Waals surface area contributed by atoms with Crippen molar-refractivity contribution in [2.75, 3.05) is 19.8 Å². The molecular weight excluding hydrogens is 387 g/mol. The van der Waals surface area contributed by atoms with E-state index in [9.17, 15) is 4.39 Å². The predicted molar refractivity (Wildman–Crippen MR) is 108 cm³/mol. The van der Waals surface area contributed by atoms with Crippen LogP contribution in [0.2, 0.25) is 0 Å². The highest BCUT2D eigenvalue weighted by Gasteiger charge is 2.32. The Labute approximate surface area is 173 Å². The Kier molecular flexibility index (Phi) is 4.86. The summed E-state index contributed by atoms with van der Waals surface area (Å²) in [5.74, 6) is 1.14. The second kappa shape index (κ2) is 7.68. The van der Waals surface area contributed by atoms with Gasteiger partial charge in [-0.3, -0.25) is 4.90 Å². The van der Waals surface area contributed by atoms with Crippen molar-refractivity contribution in [2.24, 2.45) is 0 Å². The van der Waals surface area contributed by atoms with Gasteiger partial charge in [0.2, 0.25) is 0 Å². The number of ether oxygens (including phenoxy) is 3. The largest absolute Gasteiger partial charge is 0.488 e. The fraction of sp³-hybridized carbons (Fsp3) is 0.409. The van der Waals surface area contributed by atoms with Gasteiger partial charge in [-0.15, -0.1) is 0 Å². The quantitative estimate of drug-likeness (QED) is 0.654. The minimum atomic E-state index is -0.377. The molecule has 3 aromatic rings. The Balaban J connectivity index is 1.33. The van der Waals surface area contributed by atoms with Gasteiger partial charge in [-0.05, 0) is 26.0 Å². The lowest BCUT2D eigenvalue weighted by Gasteiger charge is -2.22. The van der Waals surface area contributed by atoms with E-state index in [0.29, 0.717) is 49.3 Å². The molecule has 30 heavy (non-hydrogen) atoms. The number of rotatable bonds is 4. The summed E-state index contributed by atoms with van der Waals surface area (Å²) in [6.07, 6.45) is 2.56. The highest BCUT2D eigenvalue weighted by Crippen LogP contribution is 2.32. The Morgan fingerprint density at radius 1 is 1.23 bits per heavy atom. The van der Waals surface area contributed by atoms with Gasteiger partial charge in [0.05, 0.1) is 11.1 Å². The molecule has 156 valence electrons. The minimum Gasteiger partial charge on any atom is -0.488 e. The van der Waals surface area contributed by atoms with Gasteiger partial charge in [-0.1, -0.05) is 0 Å². The van der Waals surface area contributed by atoms with E-state index in [1.807, 2.05) is 25.1 Å². The first-order valence-corrected chi connectivity index (χ1v) is 10.1. The third kappa shape index (κ3) is 3.63.